The zero-order valence-electron chi connectivity index (χ0n) is 8.18. The molecule has 1 rings (SSSR count). The average Bonchev–Trinajstić information content (AvgIpc) is 2.27. The van der Waals surface area contributed by atoms with Gasteiger partial charge in [0, 0.05) is 6.20 Å². The first-order valence-corrected chi connectivity index (χ1v) is 4.33. The number of carbonyl (C=O) groups excluding carboxylic acids is 1. The lowest BCUT2D eigenvalue weighted by molar-refractivity contribution is -0.148. The zero-order chi connectivity index (χ0) is 10.6. The van der Waals surface area contributed by atoms with Gasteiger partial charge in [-0.2, -0.15) is 0 Å². The second kappa shape index (κ2) is 4.72. The van der Waals surface area contributed by atoms with Crippen molar-refractivity contribution in [1.29, 1.82) is 0 Å². The summed E-state index contributed by atoms with van der Waals surface area (Å²) in [6, 6.07) is 5.18. The third kappa shape index (κ3) is 2.29. The maximum Gasteiger partial charge on any atom is 0.311 e. The lowest BCUT2D eigenvalue weighted by atomic mass is 10.0. The van der Waals surface area contributed by atoms with Gasteiger partial charge in [-0.1, -0.05) is 6.07 Å². The SMILES string of the molecule is COC(=O)[C@@H](C)[C@H](O)c1ccccn1. The maximum absolute atomic E-state index is 11.1. The van der Waals surface area contributed by atoms with Gasteiger partial charge in [0.1, 0.15) is 6.10 Å². The minimum absolute atomic E-state index is 0.442. The number of esters is 1. The second-order valence-corrected chi connectivity index (χ2v) is 3.01. The molecule has 0 unspecified atom stereocenters. The Morgan fingerprint density at radius 1 is 1.57 bits per heavy atom. The predicted octanol–water partition coefficient (Wildman–Crippen LogP) is 0.924. The number of carbonyl (C=O) groups is 1. The van der Waals surface area contributed by atoms with Crippen LogP contribution in [0.15, 0.2) is 24.4 Å². The van der Waals surface area contributed by atoms with E-state index in [0.29, 0.717) is 5.69 Å². The highest BCUT2D eigenvalue weighted by Gasteiger charge is 2.24. The molecule has 4 nitrogen and oxygen atoms in total. The Bertz CT molecular complexity index is 299. The van der Waals surface area contributed by atoms with E-state index in [4.69, 9.17) is 0 Å². The Kier molecular flexibility index (Phi) is 3.59. The van der Waals surface area contributed by atoms with Gasteiger partial charge in [0.05, 0.1) is 18.7 Å². The van der Waals surface area contributed by atoms with E-state index in [0.717, 1.165) is 0 Å². The largest absolute Gasteiger partial charge is 0.469 e. The molecule has 4 heteroatoms. The molecule has 0 spiro atoms. The minimum atomic E-state index is -0.913. The van der Waals surface area contributed by atoms with Gasteiger partial charge in [-0.05, 0) is 19.1 Å². The fourth-order valence-corrected chi connectivity index (χ4v) is 1.12. The van der Waals surface area contributed by atoms with Gasteiger partial charge in [-0.15, -0.1) is 0 Å². The lowest BCUT2D eigenvalue weighted by Gasteiger charge is -2.15. The minimum Gasteiger partial charge on any atom is -0.469 e. The fourth-order valence-electron chi connectivity index (χ4n) is 1.12. The monoisotopic (exact) mass is 195 g/mol. The molecule has 0 aliphatic carbocycles. The summed E-state index contributed by atoms with van der Waals surface area (Å²) in [7, 11) is 1.30. The van der Waals surface area contributed by atoms with Crippen LogP contribution in [0.25, 0.3) is 0 Å². The summed E-state index contributed by atoms with van der Waals surface area (Å²) in [5, 5.41) is 9.73. The van der Waals surface area contributed by atoms with Gasteiger partial charge in [0.2, 0.25) is 0 Å². The third-order valence-corrected chi connectivity index (χ3v) is 2.04. The Morgan fingerprint density at radius 3 is 2.79 bits per heavy atom. The van der Waals surface area contributed by atoms with Crippen LogP contribution in [0.4, 0.5) is 0 Å². The van der Waals surface area contributed by atoms with Crippen molar-refractivity contribution < 1.29 is 14.6 Å². The van der Waals surface area contributed by atoms with Gasteiger partial charge in [-0.3, -0.25) is 9.78 Å². The van der Waals surface area contributed by atoms with E-state index in [1.165, 1.54) is 7.11 Å². The zero-order valence-corrected chi connectivity index (χ0v) is 8.18. The normalized spacial score (nSPS) is 14.5. The van der Waals surface area contributed by atoms with E-state index in [2.05, 4.69) is 9.72 Å². The van der Waals surface area contributed by atoms with Crippen molar-refractivity contribution in [2.75, 3.05) is 7.11 Å². The molecular weight excluding hydrogens is 182 g/mol. The lowest BCUT2D eigenvalue weighted by Crippen LogP contribution is -2.21. The van der Waals surface area contributed by atoms with Crippen molar-refractivity contribution in [3.8, 4) is 0 Å². The van der Waals surface area contributed by atoms with Crippen LogP contribution in [0.5, 0.6) is 0 Å². The number of aliphatic hydroxyl groups excluding tert-OH is 1. The van der Waals surface area contributed by atoms with E-state index < -0.39 is 18.0 Å². The van der Waals surface area contributed by atoms with Crippen LogP contribution in [-0.2, 0) is 9.53 Å². The van der Waals surface area contributed by atoms with Crippen molar-refractivity contribution in [3.63, 3.8) is 0 Å². The molecule has 0 amide bonds. The third-order valence-electron chi connectivity index (χ3n) is 2.04. The molecule has 0 fully saturated rings. The maximum atomic E-state index is 11.1. The number of ether oxygens (including phenoxy) is 1. The second-order valence-electron chi connectivity index (χ2n) is 3.01. The van der Waals surface area contributed by atoms with Crippen LogP contribution < -0.4 is 0 Å². The molecule has 1 N–H and O–H groups in total. The molecule has 1 aromatic heterocycles. The van der Waals surface area contributed by atoms with Crippen LogP contribution in [-0.4, -0.2) is 23.2 Å². The average molecular weight is 195 g/mol. The number of pyridine rings is 1. The summed E-state index contributed by atoms with van der Waals surface area (Å²) in [4.78, 5) is 15.1. The topological polar surface area (TPSA) is 59.4 Å². The van der Waals surface area contributed by atoms with E-state index >= 15 is 0 Å². The van der Waals surface area contributed by atoms with Crippen LogP contribution >= 0.6 is 0 Å². The van der Waals surface area contributed by atoms with Crippen LogP contribution in [0.3, 0.4) is 0 Å². The molecule has 0 aliphatic heterocycles. The molecule has 1 heterocycles. The molecule has 2 atom stereocenters. The molecule has 14 heavy (non-hydrogen) atoms. The smallest absolute Gasteiger partial charge is 0.311 e. The number of aliphatic hydroxyl groups is 1. The Labute approximate surface area is 82.5 Å². The number of hydrogen-bond acceptors (Lipinski definition) is 4. The fraction of sp³-hybridized carbons (Fsp3) is 0.400. The van der Waals surface area contributed by atoms with Gasteiger partial charge in [0.15, 0.2) is 0 Å². The number of methoxy groups -OCH3 is 1. The number of hydrogen-bond donors (Lipinski definition) is 1. The summed E-state index contributed by atoms with van der Waals surface area (Å²) in [5.41, 5.74) is 0.477. The highest BCUT2D eigenvalue weighted by Crippen LogP contribution is 2.20. The van der Waals surface area contributed by atoms with Gasteiger partial charge < -0.3 is 9.84 Å². The first-order chi connectivity index (χ1) is 6.66. The molecule has 0 bridgehead atoms. The summed E-state index contributed by atoms with van der Waals surface area (Å²) in [5.74, 6) is -1.04. The van der Waals surface area contributed by atoms with Crippen molar-refractivity contribution in [2.45, 2.75) is 13.0 Å². The molecule has 0 saturated carbocycles. The molecular formula is C10H13NO3. The standard InChI is InChI=1S/C10H13NO3/c1-7(10(13)14-2)9(12)8-5-3-4-6-11-8/h3-7,9,12H,1-2H3/t7-,9-/m0/s1. The van der Waals surface area contributed by atoms with E-state index in [1.54, 1.807) is 31.3 Å². The first kappa shape index (κ1) is 10.7. The molecule has 76 valence electrons. The molecule has 0 radical (unpaired) electrons. The molecule has 0 aliphatic rings. The first-order valence-electron chi connectivity index (χ1n) is 4.33. The van der Waals surface area contributed by atoms with E-state index in [9.17, 15) is 9.90 Å². The highest BCUT2D eigenvalue weighted by molar-refractivity contribution is 5.72. The van der Waals surface area contributed by atoms with Crippen LogP contribution in [0.2, 0.25) is 0 Å². The number of aromatic nitrogens is 1. The quantitative estimate of drug-likeness (QED) is 0.729. The van der Waals surface area contributed by atoms with Crippen molar-refractivity contribution in [1.82, 2.24) is 4.98 Å². The van der Waals surface area contributed by atoms with Crippen molar-refractivity contribution in [2.24, 2.45) is 5.92 Å². The van der Waals surface area contributed by atoms with Gasteiger partial charge in [-0.25, -0.2) is 0 Å². The number of rotatable bonds is 3. The Morgan fingerprint density at radius 2 is 2.29 bits per heavy atom. The summed E-state index contributed by atoms with van der Waals surface area (Å²) >= 11 is 0. The summed E-state index contributed by atoms with van der Waals surface area (Å²) in [6.45, 7) is 1.60. The van der Waals surface area contributed by atoms with Crippen molar-refractivity contribution in [3.05, 3.63) is 30.1 Å². The Balaban J connectivity index is 2.75. The van der Waals surface area contributed by atoms with E-state index in [1.807, 2.05) is 0 Å². The van der Waals surface area contributed by atoms with Crippen molar-refractivity contribution >= 4 is 5.97 Å². The molecule has 0 aromatic carbocycles. The van der Waals surface area contributed by atoms with Crippen LogP contribution in [0.1, 0.15) is 18.7 Å². The summed E-state index contributed by atoms with van der Waals surface area (Å²) < 4.78 is 4.53. The molecule has 1 aromatic rings. The van der Waals surface area contributed by atoms with Crippen LogP contribution in [0, 0.1) is 5.92 Å². The predicted molar refractivity (Wildman–Crippen MR) is 50.4 cm³/mol. The highest BCUT2D eigenvalue weighted by atomic mass is 16.5. The summed E-state index contributed by atoms with van der Waals surface area (Å²) in [6.07, 6.45) is 0.659. The number of nitrogens with zero attached hydrogens (tertiary/aromatic N) is 1. The van der Waals surface area contributed by atoms with Gasteiger partial charge in [0.25, 0.3) is 0 Å². The molecule has 0 saturated heterocycles. The Hall–Kier alpha value is -1.42. The van der Waals surface area contributed by atoms with E-state index in [-0.39, 0.29) is 0 Å². The van der Waals surface area contributed by atoms with Gasteiger partial charge >= 0.3 is 5.97 Å².